The van der Waals surface area contributed by atoms with Gasteiger partial charge in [-0.1, -0.05) is 29.3 Å². The van der Waals surface area contributed by atoms with Crippen LogP contribution in [-0.2, 0) is 4.74 Å². The lowest BCUT2D eigenvalue weighted by molar-refractivity contribution is 0.0976. The molecule has 1 aromatic heterocycles. The number of aryl methyl sites for hydroxylation is 1. The van der Waals surface area contributed by atoms with Crippen molar-refractivity contribution in [3.63, 3.8) is 0 Å². The molecule has 0 amide bonds. The molecule has 4 rings (SSSR count). The summed E-state index contributed by atoms with van der Waals surface area (Å²) in [6, 6.07) is 6.84. The molecule has 27 heavy (non-hydrogen) atoms. The van der Waals surface area contributed by atoms with Crippen molar-refractivity contribution in [2.45, 2.75) is 39.2 Å². The molecule has 2 fully saturated rings. The Morgan fingerprint density at radius 3 is 2.63 bits per heavy atom. The van der Waals surface area contributed by atoms with E-state index in [1.165, 1.54) is 4.57 Å². The lowest BCUT2D eigenvalue weighted by Gasteiger charge is -2.39. The molecular formula is C20H23Cl2N3O2. The molecule has 1 aromatic carbocycles. The average molecular weight is 408 g/mol. The van der Waals surface area contributed by atoms with Crippen LogP contribution in [-0.4, -0.2) is 35.4 Å². The van der Waals surface area contributed by atoms with Gasteiger partial charge in [0.1, 0.15) is 11.6 Å². The Kier molecular flexibility index (Phi) is 4.95. The molecule has 0 radical (unpaired) electrons. The summed E-state index contributed by atoms with van der Waals surface area (Å²) >= 11 is 12.4. The van der Waals surface area contributed by atoms with E-state index in [4.69, 9.17) is 32.9 Å². The molecule has 3 heterocycles. The minimum absolute atomic E-state index is 0.153. The number of hydrogen-bond donors (Lipinski definition) is 0. The summed E-state index contributed by atoms with van der Waals surface area (Å²) in [6.07, 6.45) is 3.62. The first-order valence-electron chi connectivity index (χ1n) is 9.30. The largest absolute Gasteiger partial charge is 0.378 e. The van der Waals surface area contributed by atoms with Gasteiger partial charge in [-0.15, -0.1) is 0 Å². The third-order valence-corrected chi connectivity index (χ3v) is 6.60. The van der Waals surface area contributed by atoms with Gasteiger partial charge in [0.05, 0.1) is 28.4 Å². The molecule has 2 aliphatic rings. The van der Waals surface area contributed by atoms with E-state index in [1.807, 2.05) is 6.92 Å². The topological polar surface area (TPSA) is 47.4 Å². The van der Waals surface area contributed by atoms with Gasteiger partial charge in [-0.3, -0.25) is 9.36 Å². The van der Waals surface area contributed by atoms with Gasteiger partial charge in [-0.2, -0.15) is 0 Å². The van der Waals surface area contributed by atoms with E-state index >= 15 is 0 Å². The molecule has 5 nitrogen and oxygen atoms in total. The van der Waals surface area contributed by atoms with Crippen LogP contribution in [0.3, 0.4) is 0 Å². The fourth-order valence-corrected chi connectivity index (χ4v) is 4.69. The molecule has 0 N–H and O–H groups in total. The second-order valence-electron chi connectivity index (χ2n) is 7.72. The van der Waals surface area contributed by atoms with Crippen molar-refractivity contribution in [2.75, 3.05) is 24.6 Å². The average Bonchev–Trinajstić information content (AvgIpc) is 2.99. The number of anilines is 1. The van der Waals surface area contributed by atoms with Gasteiger partial charge in [0.15, 0.2) is 0 Å². The van der Waals surface area contributed by atoms with Crippen LogP contribution in [0.5, 0.6) is 0 Å². The van der Waals surface area contributed by atoms with Crippen molar-refractivity contribution in [1.29, 1.82) is 0 Å². The highest BCUT2D eigenvalue weighted by molar-refractivity contribution is 6.43. The van der Waals surface area contributed by atoms with Crippen molar-refractivity contribution >= 4 is 29.0 Å². The maximum absolute atomic E-state index is 12.8. The summed E-state index contributed by atoms with van der Waals surface area (Å²) in [6.45, 7) is 6.60. The molecule has 0 bridgehead atoms. The third kappa shape index (κ3) is 3.48. The molecule has 2 saturated heterocycles. The van der Waals surface area contributed by atoms with Crippen molar-refractivity contribution in [2.24, 2.45) is 5.41 Å². The van der Waals surface area contributed by atoms with Gasteiger partial charge in [-0.25, -0.2) is 4.98 Å². The Labute approximate surface area is 168 Å². The van der Waals surface area contributed by atoms with Crippen LogP contribution >= 0.6 is 23.2 Å². The van der Waals surface area contributed by atoms with Crippen LogP contribution in [0, 0.1) is 12.3 Å². The van der Waals surface area contributed by atoms with Gasteiger partial charge < -0.3 is 9.64 Å². The number of piperidine rings is 1. The number of rotatable bonds is 2. The van der Waals surface area contributed by atoms with Gasteiger partial charge in [-0.05, 0) is 50.7 Å². The highest BCUT2D eigenvalue weighted by Gasteiger charge is 2.41. The molecule has 2 aromatic rings. The summed E-state index contributed by atoms with van der Waals surface area (Å²) in [7, 11) is 0. The first-order valence-corrected chi connectivity index (χ1v) is 10.1. The predicted octanol–water partition coefficient (Wildman–Crippen LogP) is 4.24. The first-order chi connectivity index (χ1) is 12.9. The van der Waals surface area contributed by atoms with E-state index in [-0.39, 0.29) is 5.56 Å². The summed E-state index contributed by atoms with van der Waals surface area (Å²) < 4.78 is 7.31. The summed E-state index contributed by atoms with van der Waals surface area (Å²) in [5, 5.41) is 0.771. The number of benzene rings is 1. The van der Waals surface area contributed by atoms with E-state index in [1.54, 1.807) is 24.3 Å². The molecular weight excluding hydrogens is 385 g/mol. The SMILES string of the molecule is Cc1nc(N2CCC3(CC2)CO[C@@H](C)C3)cc(=O)n1-c1cccc(Cl)c1Cl. The maximum atomic E-state index is 12.8. The van der Waals surface area contributed by atoms with Crippen molar-refractivity contribution < 1.29 is 4.74 Å². The number of ether oxygens (including phenoxy) is 1. The number of halogens is 2. The fraction of sp³-hybridized carbons (Fsp3) is 0.500. The quantitative estimate of drug-likeness (QED) is 0.746. The molecule has 1 spiro atoms. The Balaban J connectivity index is 1.60. The highest BCUT2D eigenvalue weighted by atomic mass is 35.5. The van der Waals surface area contributed by atoms with E-state index in [2.05, 4.69) is 11.8 Å². The molecule has 144 valence electrons. The van der Waals surface area contributed by atoms with Crippen LogP contribution in [0.4, 0.5) is 5.82 Å². The van der Waals surface area contributed by atoms with Gasteiger partial charge >= 0.3 is 0 Å². The zero-order chi connectivity index (χ0) is 19.2. The second kappa shape index (κ2) is 7.12. The van der Waals surface area contributed by atoms with E-state index in [9.17, 15) is 4.79 Å². The summed E-state index contributed by atoms with van der Waals surface area (Å²) in [5.74, 6) is 1.33. The lowest BCUT2D eigenvalue weighted by Crippen LogP contribution is -2.41. The van der Waals surface area contributed by atoms with Crippen molar-refractivity contribution in [1.82, 2.24) is 9.55 Å². The fourth-order valence-electron chi connectivity index (χ4n) is 4.31. The van der Waals surface area contributed by atoms with Crippen molar-refractivity contribution in [3.05, 3.63) is 50.5 Å². The minimum Gasteiger partial charge on any atom is -0.378 e. The first kappa shape index (κ1) is 18.8. The van der Waals surface area contributed by atoms with Gasteiger partial charge in [0.25, 0.3) is 5.56 Å². The smallest absolute Gasteiger partial charge is 0.260 e. The highest BCUT2D eigenvalue weighted by Crippen LogP contribution is 2.42. The van der Waals surface area contributed by atoms with E-state index < -0.39 is 0 Å². The predicted molar refractivity (Wildman–Crippen MR) is 109 cm³/mol. The standard InChI is InChI=1S/C20H23Cl2N3O2/c1-13-11-20(12-27-13)6-8-24(9-7-20)17-10-18(26)25(14(2)23-17)16-5-3-4-15(21)19(16)22/h3-5,10,13H,6-9,11-12H2,1-2H3/t13-/m0/s1. The summed E-state index contributed by atoms with van der Waals surface area (Å²) in [4.78, 5) is 19.7. The zero-order valence-electron chi connectivity index (χ0n) is 15.5. The third-order valence-electron chi connectivity index (χ3n) is 5.79. The number of nitrogens with zero attached hydrogens (tertiary/aromatic N) is 3. The van der Waals surface area contributed by atoms with Crippen LogP contribution < -0.4 is 10.5 Å². The van der Waals surface area contributed by atoms with Gasteiger partial charge in [0, 0.05) is 19.2 Å². The lowest BCUT2D eigenvalue weighted by atomic mass is 9.77. The van der Waals surface area contributed by atoms with Crippen molar-refractivity contribution in [3.8, 4) is 5.69 Å². The maximum Gasteiger partial charge on any atom is 0.260 e. The molecule has 7 heteroatoms. The molecule has 1 atom stereocenters. The Morgan fingerprint density at radius 2 is 2.00 bits per heavy atom. The van der Waals surface area contributed by atoms with Crippen LogP contribution in [0.1, 0.15) is 32.0 Å². The normalized spacial score (nSPS) is 21.8. The Hall–Kier alpha value is -1.56. The molecule has 2 aliphatic heterocycles. The monoisotopic (exact) mass is 407 g/mol. The summed E-state index contributed by atoms with van der Waals surface area (Å²) in [5.41, 5.74) is 0.703. The zero-order valence-corrected chi connectivity index (χ0v) is 17.1. The number of hydrogen-bond acceptors (Lipinski definition) is 4. The number of aromatic nitrogens is 2. The van der Waals surface area contributed by atoms with E-state index in [0.29, 0.717) is 33.1 Å². The van der Waals surface area contributed by atoms with Crippen LogP contribution in [0.15, 0.2) is 29.1 Å². The minimum atomic E-state index is -0.153. The molecule has 0 saturated carbocycles. The van der Waals surface area contributed by atoms with Crippen LogP contribution in [0.25, 0.3) is 5.69 Å². The van der Waals surface area contributed by atoms with E-state index in [0.717, 1.165) is 44.8 Å². The second-order valence-corrected chi connectivity index (χ2v) is 8.51. The molecule has 0 unspecified atom stereocenters. The molecule has 0 aliphatic carbocycles. The Bertz CT molecular complexity index is 920. The Morgan fingerprint density at radius 1 is 1.26 bits per heavy atom. The van der Waals surface area contributed by atoms with Gasteiger partial charge in [0.2, 0.25) is 0 Å². The van der Waals surface area contributed by atoms with Crippen LogP contribution in [0.2, 0.25) is 10.0 Å².